The zero-order chi connectivity index (χ0) is 10.1. The van der Waals surface area contributed by atoms with E-state index < -0.39 is 0 Å². The van der Waals surface area contributed by atoms with Crippen molar-refractivity contribution in [3.8, 4) is 0 Å². The fraction of sp³-hybridized carbons (Fsp3) is 0.625. The molecule has 1 unspecified atom stereocenters. The maximum Gasteiger partial charge on any atom is 0.247 e. The van der Waals surface area contributed by atoms with Crippen LogP contribution in [0.3, 0.4) is 0 Å². The Kier molecular flexibility index (Phi) is 2.20. The molecule has 1 fully saturated rings. The molecule has 6 heteroatoms. The molecule has 0 aliphatic carbocycles. The van der Waals surface area contributed by atoms with Crippen molar-refractivity contribution in [3.05, 3.63) is 12.7 Å². The smallest absolute Gasteiger partial charge is 0.247 e. The van der Waals surface area contributed by atoms with Gasteiger partial charge in [0, 0.05) is 13.1 Å². The van der Waals surface area contributed by atoms with Crippen molar-refractivity contribution in [2.24, 2.45) is 0 Å². The van der Waals surface area contributed by atoms with Gasteiger partial charge in [-0.15, -0.1) is 0 Å². The lowest BCUT2D eigenvalue weighted by molar-refractivity contribution is -0.144. The number of carbonyl (C=O) groups is 1. The van der Waals surface area contributed by atoms with Gasteiger partial charge in [0.1, 0.15) is 18.7 Å². The first-order valence-electron chi connectivity index (χ1n) is 4.49. The second kappa shape index (κ2) is 3.38. The molecule has 6 nitrogen and oxygen atoms in total. The van der Waals surface area contributed by atoms with Crippen LogP contribution < -0.4 is 0 Å². The fourth-order valence-corrected chi connectivity index (χ4v) is 1.43. The van der Waals surface area contributed by atoms with E-state index in [1.54, 1.807) is 11.8 Å². The first kappa shape index (κ1) is 9.14. The topological polar surface area (TPSA) is 71.2 Å². The highest BCUT2D eigenvalue weighted by Crippen LogP contribution is 2.14. The zero-order valence-electron chi connectivity index (χ0n) is 7.87. The molecule has 1 amide bonds. The second-order valence-corrected chi connectivity index (χ2v) is 3.45. The number of hydrogen-bond acceptors (Lipinski definition) is 4. The number of rotatable bonds is 2. The summed E-state index contributed by atoms with van der Waals surface area (Å²) in [4.78, 5) is 17.1. The summed E-state index contributed by atoms with van der Waals surface area (Å²) in [6.07, 6.45) is 2.55. The van der Waals surface area contributed by atoms with Crippen LogP contribution >= 0.6 is 0 Å². The first-order valence-corrected chi connectivity index (χ1v) is 4.49. The van der Waals surface area contributed by atoms with Crippen molar-refractivity contribution in [3.63, 3.8) is 0 Å². The third kappa shape index (κ3) is 1.48. The molecule has 2 rings (SSSR count). The third-order valence-corrected chi connectivity index (χ3v) is 2.36. The highest BCUT2D eigenvalue weighted by molar-refractivity contribution is 5.80. The Morgan fingerprint density at radius 2 is 2.36 bits per heavy atom. The Hall–Kier alpha value is -1.43. The predicted molar refractivity (Wildman–Crippen MR) is 47.3 cm³/mol. The van der Waals surface area contributed by atoms with Gasteiger partial charge in [0.25, 0.3) is 0 Å². The molecule has 1 N–H and O–H groups in total. The Balaban J connectivity index is 1.99. The second-order valence-electron chi connectivity index (χ2n) is 3.45. The summed E-state index contributed by atoms with van der Waals surface area (Å²) in [5.74, 6) is -0.0270. The van der Waals surface area contributed by atoms with Crippen molar-refractivity contribution in [2.45, 2.75) is 19.1 Å². The van der Waals surface area contributed by atoms with E-state index in [2.05, 4.69) is 10.1 Å². The van der Waals surface area contributed by atoms with Crippen molar-refractivity contribution in [2.75, 3.05) is 13.1 Å². The molecule has 76 valence electrons. The van der Waals surface area contributed by atoms with Crippen LogP contribution in [0.15, 0.2) is 12.7 Å². The van der Waals surface area contributed by atoms with E-state index in [-0.39, 0.29) is 18.1 Å². The van der Waals surface area contributed by atoms with Gasteiger partial charge in [-0.2, -0.15) is 5.10 Å². The summed E-state index contributed by atoms with van der Waals surface area (Å²) >= 11 is 0. The van der Waals surface area contributed by atoms with E-state index in [9.17, 15) is 4.79 Å². The SMILES string of the molecule is CC(C(=O)N1CC(O)C1)n1cncn1. The third-order valence-electron chi connectivity index (χ3n) is 2.36. The minimum absolute atomic E-state index is 0.0270. The average Bonchev–Trinajstić information content (AvgIpc) is 2.63. The number of aromatic nitrogens is 3. The molecule has 14 heavy (non-hydrogen) atoms. The molecule has 1 aromatic heterocycles. The van der Waals surface area contributed by atoms with Crippen molar-refractivity contribution < 1.29 is 9.90 Å². The number of aliphatic hydroxyl groups excluding tert-OH is 1. The predicted octanol–water partition coefficient (Wildman–Crippen LogP) is -0.958. The Labute approximate surface area is 81.2 Å². The van der Waals surface area contributed by atoms with E-state index in [1.165, 1.54) is 17.3 Å². The quantitative estimate of drug-likeness (QED) is 0.661. The van der Waals surface area contributed by atoms with Crippen molar-refractivity contribution in [1.82, 2.24) is 19.7 Å². The van der Waals surface area contributed by atoms with Crippen LogP contribution in [0.25, 0.3) is 0 Å². The maximum atomic E-state index is 11.7. The van der Waals surface area contributed by atoms with Gasteiger partial charge in [-0.05, 0) is 6.92 Å². The van der Waals surface area contributed by atoms with Gasteiger partial charge in [-0.1, -0.05) is 0 Å². The van der Waals surface area contributed by atoms with E-state index in [0.29, 0.717) is 13.1 Å². The minimum Gasteiger partial charge on any atom is -0.389 e. The average molecular weight is 196 g/mol. The number of likely N-dealkylation sites (tertiary alicyclic amines) is 1. The van der Waals surface area contributed by atoms with Gasteiger partial charge in [-0.3, -0.25) is 4.79 Å². The molecule has 1 aliphatic rings. The molecular formula is C8H12N4O2. The molecule has 0 saturated carbocycles. The van der Waals surface area contributed by atoms with Crippen LogP contribution in [0.4, 0.5) is 0 Å². The largest absolute Gasteiger partial charge is 0.389 e. The summed E-state index contributed by atoms with van der Waals surface area (Å²) < 4.78 is 1.51. The lowest BCUT2D eigenvalue weighted by atomic mass is 10.1. The standard InChI is InChI=1S/C8H12N4O2/c1-6(12-5-9-4-10-12)8(14)11-2-7(13)3-11/h4-7,13H,2-3H2,1H3. The van der Waals surface area contributed by atoms with Gasteiger partial charge in [0.2, 0.25) is 5.91 Å². The molecule has 0 aromatic carbocycles. The Morgan fingerprint density at radius 3 is 2.86 bits per heavy atom. The maximum absolute atomic E-state index is 11.7. The molecule has 0 radical (unpaired) electrons. The number of β-amino-alcohol motifs (C(OH)–C–C–N with tert-alkyl or cyclic N) is 1. The van der Waals surface area contributed by atoms with Crippen LogP contribution in [0.5, 0.6) is 0 Å². The van der Waals surface area contributed by atoms with Crippen LogP contribution in [-0.2, 0) is 4.79 Å². The molecule has 1 atom stereocenters. The molecule has 2 heterocycles. The summed E-state index contributed by atoms with van der Waals surface area (Å²) in [5.41, 5.74) is 0. The summed E-state index contributed by atoms with van der Waals surface area (Å²) in [7, 11) is 0. The lowest BCUT2D eigenvalue weighted by Gasteiger charge is -2.37. The fourth-order valence-electron chi connectivity index (χ4n) is 1.43. The van der Waals surface area contributed by atoms with Gasteiger partial charge >= 0.3 is 0 Å². The number of aliphatic hydroxyl groups is 1. The zero-order valence-corrected chi connectivity index (χ0v) is 7.87. The molecule has 1 aliphatic heterocycles. The Morgan fingerprint density at radius 1 is 1.64 bits per heavy atom. The number of carbonyl (C=O) groups excluding carboxylic acids is 1. The van der Waals surface area contributed by atoms with E-state index in [1.807, 2.05) is 0 Å². The van der Waals surface area contributed by atoms with Crippen molar-refractivity contribution in [1.29, 1.82) is 0 Å². The van der Waals surface area contributed by atoms with Gasteiger partial charge in [0.05, 0.1) is 6.10 Å². The van der Waals surface area contributed by atoms with Crippen LogP contribution in [0.1, 0.15) is 13.0 Å². The van der Waals surface area contributed by atoms with Crippen LogP contribution in [0, 0.1) is 0 Å². The summed E-state index contributed by atoms with van der Waals surface area (Å²) in [6, 6.07) is -0.343. The van der Waals surface area contributed by atoms with Gasteiger partial charge in [-0.25, -0.2) is 9.67 Å². The normalized spacial score (nSPS) is 19.1. The molecule has 0 bridgehead atoms. The molecule has 0 spiro atoms. The Bertz CT molecular complexity index is 318. The number of amides is 1. The number of nitrogens with zero attached hydrogens (tertiary/aromatic N) is 4. The van der Waals surface area contributed by atoms with Crippen LogP contribution in [0.2, 0.25) is 0 Å². The van der Waals surface area contributed by atoms with E-state index >= 15 is 0 Å². The highest BCUT2D eigenvalue weighted by atomic mass is 16.3. The van der Waals surface area contributed by atoms with Gasteiger partial charge in [0.15, 0.2) is 0 Å². The minimum atomic E-state index is -0.359. The van der Waals surface area contributed by atoms with E-state index in [0.717, 1.165) is 0 Å². The molecule has 1 saturated heterocycles. The molecular weight excluding hydrogens is 184 g/mol. The summed E-state index contributed by atoms with van der Waals surface area (Å²) in [6.45, 7) is 2.62. The lowest BCUT2D eigenvalue weighted by Crippen LogP contribution is -2.55. The highest BCUT2D eigenvalue weighted by Gasteiger charge is 2.32. The van der Waals surface area contributed by atoms with E-state index in [4.69, 9.17) is 5.11 Å². The number of hydrogen-bond donors (Lipinski definition) is 1. The molecule has 1 aromatic rings. The van der Waals surface area contributed by atoms with Crippen LogP contribution in [-0.4, -0.2) is 49.9 Å². The van der Waals surface area contributed by atoms with Gasteiger partial charge < -0.3 is 10.0 Å². The first-order chi connectivity index (χ1) is 6.68. The van der Waals surface area contributed by atoms with Crippen molar-refractivity contribution >= 4 is 5.91 Å². The summed E-state index contributed by atoms with van der Waals surface area (Å²) in [5, 5.41) is 12.9. The monoisotopic (exact) mass is 196 g/mol.